The number of benzene rings is 1. The van der Waals surface area contributed by atoms with Crippen LogP contribution in [0.25, 0.3) is 0 Å². The Bertz CT molecular complexity index is 356. The molecule has 2 N–H and O–H groups in total. The van der Waals surface area contributed by atoms with E-state index in [0.717, 1.165) is 24.3 Å². The maximum atomic E-state index is 6.11. The van der Waals surface area contributed by atoms with Crippen LogP contribution in [0.1, 0.15) is 24.8 Å². The highest BCUT2D eigenvalue weighted by atomic mass is 16.5. The molecule has 3 heteroatoms. The number of hydrogen-bond acceptors (Lipinski definition) is 3. The molecule has 0 aromatic heterocycles. The van der Waals surface area contributed by atoms with E-state index >= 15 is 0 Å². The van der Waals surface area contributed by atoms with E-state index in [2.05, 4.69) is 12.1 Å². The molecule has 1 aliphatic carbocycles. The molecule has 0 saturated heterocycles. The van der Waals surface area contributed by atoms with Crippen LogP contribution in [0, 0.1) is 5.92 Å². The summed E-state index contributed by atoms with van der Waals surface area (Å²) < 4.78 is 10.6. The van der Waals surface area contributed by atoms with Gasteiger partial charge < -0.3 is 15.2 Å². The Kier molecular flexibility index (Phi) is 3.89. The first-order valence-corrected chi connectivity index (χ1v) is 6.20. The molecule has 1 saturated carbocycles. The molecule has 17 heavy (non-hydrogen) atoms. The molecule has 2 unspecified atom stereocenters. The van der Waals surface area contributed by atoms with Gasteiger partial charge in [-0.25, -0.2) is 0 Å². The van der Waals surface area contributed by atoms with Crippen LogP contribution in [0.2, 0.25) is 0 Å². The zero-order valence-electron chi connectivity index (χ0n) is 10.6. The third kappa shape index (κ3) is 2.91. The Hall–Kier alpha value is -1.22. The van der Waals surface area contributed by atoms with Crippen LogP contribution in [0.15, 0.2) is 18.2 Å². The Morgan fingerprint density at radius 1 is 1.12 bits per heavy atom. The van der Waals surface area contributed by atoms with Crippen molar-refractivity contribution in [3.8, 4) is 11.5 Å². The van der Waals surface area contributed by atoms with Gasteiger partial charge in [0.2, 0.25) is 0 Å². The van der Waals surface area contributed by atoms with E-state index < -0.39 is 0 Å². The van der Waals surface area contributed by atoms with Crippen LogP contribution in [0.4, 0.5) is 0 Å². The second-order valence-electron chi connectivity index (χ2n) is 4.78. The van der Waals surface area contributed by atoms with Crippen LogP contribution in [-0.2, 0) is 6.42 Å². The lowest BCUT2D eigenvalue weighted by molar-refractivity contribution is 0.391. The van der Waals surface area contributed by atoms with Crippen molar-refractivity contribution in [1.82, 2.24) is 0 Å². The minimum absolute atomic E-state index is 0.354. The Morgan fingerprint density at radius 2 is 1.76 bits per heavy atom. The molecule has 2 atom stereocenters. The highest BCUT2D eigenvalue weighted by Crippen LogP contribution is 2.30. The maximum absolute atomic E-state index is 6.11. The van der Waals surface area contributed by atoms with E-state index in [-0.39, 0.29) is 0 Å². The number of methoxy groups -OCH3 is 2. The summed E-state index contributed by atoms with van der Waals surface area (Å²) in [6, 6.07) is 6.41. The zero-order valence-corrected chi connectivity index (χ0v) is 10.6. The molecule has 1 aliphatic rings. The lowest BCUT2D eigenvalue weighted by Gasteiger charge is -2.16. The molecule has 94 valence electrons. The van der Waals surface area contributed by atoms with Crippen LogP contribution in [-0.4, -0.2) is 20.3 Å². The molecule has 0 amide bonds. The van der Waals surface area contributed by atoms with E-state index in [1.165, 1.54) is 18.4 Å². The van der Waals surface area contributed by atoms with Crippen molar-refractivity contribution in [3.63, 3.8) is 0 Å². The molecule has 0 bridgehead atoms. The minimum atomic E-state index is 0.354. The van der Waals surface area contributed by atoms with Crippen molar-refractivity contribution in [2.75, 3.05) is 14.2 Å². The predicted molar refractivity (Wildman–Crippen MR) is 68.6 cm³/mol. The molecular weight excluding hydrogens is 214 g/mol. The Morgan fingerprint density at radius 3 is 2.24 bits per heavy atom. The summed E-state index contributed by atoms with van der Waals surface area (Å²) in [5.74, 6) is 2.31. The van der Waals surface area contributed by atoms with Crippen LogP contribution < -0.4 is 15.2 Å². The number of rotatable bonds is 4. The largest absolute Gasteiger partial charge is 0.497 e. The van der Waals surface area contributed by atoms with E-state index in [1.807, 2.05) is 6.07 Å². The SMILES string of the molecule is COc1cc(CC2CCCC2N)cc(OC)c1. The average molecular weight is 235 g/mol. The average Bonchev–Trinajstić information content (AvgIpc) is 2.74. The molecular formula is C14H21NO2. The minimum Gasteiger partial charge on any atom is -0.497 e. The van der Waals surface area contributed by atoms with Gasteiger partial charge in [-0.05, 0) is 42.9 Å². The first kappa shape index (κ1) is 12.2. The summed E-state index contributed by atoms with van der Waals surface area (Å²) in [7, 11) is 3.36. The van der Waals surface area contributed by atoms with Crippen molar-refractivity contribution < 1.29 is 9.47 Å². The first-order chi connectivity index (χ1) is 8.22. The van der Waals surface area contributed by atoms with Crippen molar-refractivity contribution >= 4 is 0 Å². The standard InChI is InChI=1S/C14H21NO2/c1-16-12-7-10(8-13(9-12)17-2)6-11-4-3-5-14(11)15/h7-9,11,14H,3-6,15H2,1-2H3. The lowest BCUT2D eigenvalue weighted by Crippen LogP contribution is -2.25. The quantitative estimate of drug-likeness (QED) is 0.871. The zero-order chi connectivity index (χ0) is 12.3. The molecule has 2 rings (SSSR count). The van der Waals surface area contributed by atoms with Gasteiger partial charge in [0.15, 0.2) is 0 Å². The summed E-state index contributed by atoms with van der Waals surface area (Å²) in [5.41, 5.74) is 7.36. The first-order valence-electron chi connectivity index (χ1n) is 6.20. The molecule has 1 aromatic rings. The van der Waals surface area contributed by atoms with Crippen molar-refractivity contribution in [2.45, 2.75) is 31.7 Å². The third-order valence-corrected chi connectivity index (χ3v) is 3.63. The Balaban J connectivity index is 2.14. The van der Waals surface area contributed by atoms with Gasteiger partial charge in [-0.15, -0.1) is 0 Å². The molecule has 1 fully saturated rings. The van der Waals surface area contributed by atoms with Crippen LogP contribution >= 0.6 is 0 Å². The maximum Gasteiger partial charge on any atom is 0.122 e. The summed E-state index contributed by atoms with van der Waals surface area (Å²) in [6.07, 6.45) is 4.67. The van der Waals surface area contributed by atoms with Gasteiger partial charge in [-0.3, -0.25) is 0 Å². The smallest absolute Gasteiger partial charge is 0.122 e. The Labute approximate surface area is 103 Å². The summed E-state index contributed by atoms with van der Waals surface area (Å²) in [4.78, 5) is 0. The highest BCUT2D eigenvalue weighted by molar-refractivity contribution is 5.38. The predicted octanol–water partition coefficient (Wildman–Crippen LogP) is 2.37. The number of hydrogen-bond donors (Lipinski definition) is 1. The van der Waals surface area contributed by atoms with Crippen molar-refractivity contribution in [1.29, 1.82) is 0 Å². The topological polar surface area (TPSA) is 44.5 Å². The molecule has 0 spiro atoms. The molecule has 0 heterocycles. The summed E-state index contributed by atoms with van der Waals surface area (Å²) in [6.45, 7) is 0. The van der Waals surface area contributed by atoms with Crippen molar-refractivity contribution in [2.24, 2.45) is 11.7 Å². The number of ether oxygens (including phenoxy) is 2. The van der Waals surface area contributed by atoms with E-state index in [0.29, 0.717) is 12.0 Å². The van der Waals surface area contributed by atoms with E-state index in [9.17, 15) is 0 Å². The monoisotopic (exact) mass is 235 g/mol. The van der Waals surface area contributed by atoms with Gasteiger partial charge in [-0.1, -0.05) is 6.42 Å². The molecule has 0 radical (unpaired) electrons. The fourth-order valence-corrected chi connectivity index (χ4v) is 2.61. The lowest BCUT2D eigenvalue weighted by atomic mass is 9.95. The molecule has 3 nitrogen and oxygen atoms in total. The van der Waals surface area contributed by atoms with Gasteiger partial charge in [0.25, 0.3) is 0 Å². The van der Waals surface area contributed by atoms with Gasteiger partial charge in [0, 0.05) is 12.1 Å². The van der Waals surface area contributed by atoms with E-state index in [4.69, 9.17) is 15.2 Å². The fourth-order valence-electron chi connectivity index (χ4n) is 2.61. The second kappa shape index (κ2) is 5.41. The van der Waals surface area contributed by atoms with Gasteiger partial charge in [0.1, 0.15) is 11.5 Å². The molecule has 0 aliphatic heterocycles. The summed E-state index contributed by atoms with van der Waals surface area (Å²) in [5, 5.41) is 0. The highest BCUT2D eigenvalue weighted by Gasteiger charge is 2.24. The normalized spacial score (nSPS) is 23.7. The second-order valence-corrected chi connectivity index (χ2v) is 4.78. The van der Waals surface area contributed by atoms with Crippen LogP contribution in [0.3, 0.4) is 0 Å². The van der Waals surface area contributed by atoms with Gasteiger partial charge in [0.05, 0.1) is 14.2 Å². The molecule has 1 aromatic carbocycles. The number of nitrogens with two attached hydrogens (primary N) is 1. The van der Waals surface area contributed by atoms with Gasteiger partial charge in [-0.2, -0.15) is 0 Å². The summed E-state index contributed by atoms with van der Waals surface area (Å²) >= 11 is 0. The fraction of sp³-hybridized carbons (Fsp3) is 0.571. The van der Waals surface area contributed by atoms with Crippen LogP contribution in [0.5, 0.6) is 11.5 Å². The van der Waals surface area contributed by atoms with E-state index in [1.54, 1.807) is 14.2 Å². The van der Waals surface area contributed by atoms with Gasteiger partial charge >= 0.3 is 0 Å². The third-order valence-electron chi connectivity index (χ3n) is 3.63. The van der Waals surface area contributed by atoms with Crippen molar-refractivity contribution in [3.05, 3.63) is 23.8 Å².